The van der Waals surface area contributed by atoms with E-state index in [4.69, 9.17) is 5.73 Å². The quantitative estimate of drug-likeness (QED) is 0.844. The van der Waals surface area contributed by atoms with E-state index in [0.717, 1.165) is 0 Å². The molecule has 0 aliphatic rings. The lowest BCUT2D eigenvalue weighted by Crippen LogP contribution is -2.08. The standard InChI is InChI=1S/C14H13FN2O/c1-9-6-11(15)2-3-12(9)14(18)7-10-8-17-5-4-13(10)16/h2-6,8H,7H2,1H3,(H2,16,17). The van der Waals surface area contributed by atoms with Crippen molar-refractivity contribution >= 4 is 11.5 Å². The van der Waals surface area contributed by atoms with E-state index in [-0.39, 0.29) is 18.0 Å². The highest BCUT2D eigenvalue weighted by Crippen LogP contribution is 2.16. The van der Waals surface area contributed by atoms with Crippen molar-refractivity contribution in [1.82, 2.24) is 4.98 Å². The number of nitrogens with zero attached hydrogens (tertiary/aromatic N) is 1. The van der Waals surface area contributed by atoms with Gasteiger partial charge in [0.05, 0.1) is 0 Å². The van der Waals surface area contributed by atoms with Gasteiger partial charge in [0, 0.05) is 35.6 Å². The Labute approximate surface area is 104 Å². The van der Waals surface area contributed by atoms with Gasteiger partial charge in [0.15, 0.2) is 5.78 Å². The second-order valence-corrected chi connectivity index (χ2v) is 4.13. The van der Waals surface area contributed by atoms with Gasteiger partial charge < -0.3 is 5.73 Å². The van der Waals surface area contributed by atoms with Gasteiger partial charge in [-0.15, -0.1) is 0 Å². The Kier molecular flexibility index (Phi) is 3.37. The molecule has 18 heavy (non-hydrogen) atoms. The number of Topliss-reactive ketones (excluding diaryl/α,β-unsaturated/α-hetero) is 1. The number of rotatable bonds is 3. The Bertz CT molecular complexity index is 596. The van der Waals surface area contributed by atoms with Crippen molar-refractivity contribution in [2.45, 2.75) is 13.3 Å². The van der Waals surface area contributed by atoms with Crippen LogP contribution in [0.1, 0.15) is 21.5 Å². The summed E-state index contributed by atoms with van der Waals surface area (Å²) in [6.45, 7) is 1.71. The molecule has 0 spiro atoms. The summed E-state index contributed by atoms with van der Waals surface area (Å²) >= 11 is 0. The molecule has 1 aromatic heterocycles. The molecule has 4 heteroatoms. The van der Waals surface area contributed by atoms with Crippen molar-refractivity contribution in [1.29, 1.82) is 0 Å². The first kappa shape index (κ1) is 12.2. The lowest BCUT2D eigenvalue weighted by atomic mass is 9.99. The van der Waals surface area contributed by atoms with Gasteiger partial charge in [0.1, 0.15) is 5.82 Å². The van der Waals surface area contributed by atoms with Crippen molar-refractivity contribution in [3.8, 4) is 0 Å². The molecule has 1 heterocycles. The van der Waals surface area contributed by atoms with Gasteiger partial charge in [-0.3, -0.25) is 9.78 Å². The minimum absolute atomic E-state index is 0.0906. The van der Waals surface area contributed by atoms with Crippen LogP contribution in [0.3, 0.4) is 0 Å². The Balaban J connectivity index is 2.25. The van der Waals surface area contributed by atoms with Crippen molar-refractivity contribution in [2.75, 3.05) is 5.73 Å². The zero-order valence-electron chi connectivity index (χ0n) is 9.98. The lowest BCUT2D eigenvalue weighted by molar-refractivity contribution is 0.0992. The summed E-state index contributed by atoms with van der Waals surface area (Å²) in [6, 6.07) is 5.78. The van der Waals surface area contributed by atoms with Gasteiger partial charge in [0.25, 0.3) is 0 Å². The SMILES string of the molecule is Cc1cc(F)ccc1C(=O)Cc1cnccc1N. The molecular formula is C14H13FN2O. The Morgan fingerprint density at radius 3 is 2.83 bits per heavy atom. The van der Waals surface area contributed by atoms with E-state index < -0.39 is 0 Å². The number of aryl methyl sites for hydroxylation is 1. The number of pyridine rings is 1. The Morgan fingerprint density at radius 1 is 1.39 bits per heavy atom. The van der Waals surface area contributed by atoms with E-state index >= 15 is 0 Å². The molecule has 2 N–H and O–H groups in total. The molecule has 92 valence electrons. The minimum Gasteiger partial charge on any atom is -0.398 e. The molecule has 0 fully saturated rings. The molecule has 0 aliphatic carbocycles. The van der Waals surface area contributed by atoms with Crippen LogP contribution in [0.15, 0.2) is 36.7 Å². The van der Waals surface area contributed by atoms with E-state index in [9.17, 15) is 9.18 Å². The Morgan fingerprint density at radius 2 is 2.17 bits per heavy atom. The molecule has 1 aromatic carbocycles. The molecule has 0 saturated carbocycles. The fraction of sp³-hybridized carbons (Fsp3) is 0.143. The van der Waals surface area contributed by atoms with Crippen LogP contribution >= 0.6 is 0 Å². The minimum atomic E-state index is -0.343. The summed E-state index contributed by atoms with van der Waals surface area (Å²) in [4.78, 5) is 16.0. The number of hydrogen-bond acceptors (Lipinski definition) is 3. The smallest absolute Gasteiger partial charge is 0.167 e. The van der Waals surface area contributed by atoms with Gasteiger partial charge in [-0.25, -0.2) is 4.39 Å². The van der Waals surface area contributed by atoms with Crippen LogP contribution in [-0.2, 0) is 6.42 Å². The van der Waals surface area contributed by atoms with E-state index in [2.05, 4.69) is 4.98 Å². The second kappa shape index (κ2) is 4.96. The number of halogens is 1. The van der Waals surface area contributed by atoms with Crippen molar-refractivity contribution in [3.63, 3.8) is 0 Å². The molecule has 0 bridgehead atoms. The first-order chi connectivity index (χ1) is 8.58. The van der Waals surface area contributed by atoms with Crippen molar-refractivity contribution < 1.29 is 9.18 Å². The molecule has 0 saturated heterocycles. The highest BCUT2D eigenvalue weighted by Gasteiger charge is 2.12. The van der Waals surface area contributed by atoms with Crippen LogP contribution in [0.4, 0.5) is 10.1 Å². The molecule has 0 amide bonds. The first-order valence-electron chi connectivity index (χ1n) is 5.55. The number of aromatic nitrogens is 1. The largest absolute Gasteiger partial charge is 0.398 e. The van der Waals surface area contributed by atoms with Crippen LogP contribution in [0, 0.1) is 12.7 Å². The van der Waals surface area contributed by atoms with E-state index in [1.807, 2.05) is 0 Å². The third-order valence-corrected chi connectivity index (χ3v) is 2.78. The molecule has 2 aromatic rings. The number of carbonyl (C=O) groups is 1. The number of benzene rings is 1. The third kappa shape index (κ3) is 2.53. The van der Waals surface area contributed by atoms with E-state index in [0.29, 0.717) is 22.4 Å². The van der Waals surface area contributed by atoms with Gasteiger partial charge in [-0.1, -0.05) is 0 Å². The van der Waals surface area contributed by atoms with Crippen LogP contribution in [-0.4, -0.2) is 10.8 Å². The number of anilines is 1. The normalized spacial score (nSPS) is 10.3. The molecule has 0 radical (unpaired) electrons. The monoisotopic (exact) mass is 244 g/mol. The van der Waals surface area contributed by atoms with Crippen LogP contribution in [0.5, 0.6) is 0 Å². The zero-order valence-corrected chi connectivity index (χ0v) is 9.98. The highest BCUT2D eigenvalue weighted by atomic mass is 19.1. The third-order valence-electron chi connectivity index (χ3n) is 2.78. The summed E-state index contributed by atoms with van der Waals surface area (Å²) in [5, 5.41) is 0. The predicted octanol–water partition coefficient (Wildman–Crippen LogP) is 2.54. The fourth-order valence-corrected chi connectivity index (χ4v) is 1.79. The maximum absolute atomic E-state index is 13.0. The fourth-order valence-electron chi connectivity index (χ4n) is 1.79. The summed E-state index contributed by atoms with van der Waals surface area (Å²) in [5.74, 6) is -0.433. The predicted molar refractivity (Wildman–Crippen MR) is 67.8 cm³/mol. The lowest BCUT2D eigenvalue weighted by Gasteiger charge is -2.06. The first-order valence-corrected chi connectivity index (χ1v) is 5.55. The Hall–Kier alpha value is -2.23. The van der Waals surface area contributed by atoms with Gasteiger partial charge in [-0.05, 0) is 36.8 Å². The summed E-state index contributed by atoms with van der Waals surface area (Å²) < 4.78 is 13.0. The second-order valence-electron chi connectivity index (χ2n) is 4.13. The average Bonchev–Trinajstić information content (AvgIpc) is 2.32. The number of hydrogen-bond donors (Lipinski definition) is 1. The summed E-state index contributed by atoms with van der Waals surface area (Å²) in [6.07, 6.45) is 3.32. The van der Waals surface area contributed by atoms with Crippen molar-refractivity contribution in [3.05, 3.63) is 59.2 Å². The number of carbonyl (C=O) groups excluding carboxylic acids is 1. The molecule has 0 unspecified atom stereocenters. The molecule has 2 rings (SSSR count). The van der Waals surface area contributed by atoms with Crippen LogP contribution in [0.25, 0.3) is 0 Å². The number of ketones is 1. The number of nitrogen functional groups attached to an aromatic ring is 1. The zero-order chi connectivity index (χ0) is 13.1. The topological polar surface area (TPSA) is 56.0 Å². The highest BCUT2D eigenvalue weighted by molar-refractivity contribution is 5.99. The van der Waals surface area contributed by atoms with Crippen molar-refractivity contribution in [2.24, 2.45) is 0 Å². The van der Waals surface area contributed by atoms with Gasteiger partial charge in [-0.2, -0.15) is 0 Å². The summed E-state index contributed by atoms with van der Waals surface area (Å²) in [7, 11) is 0. The average molecular weight is 244 g/mol. The van der Waals surface area contributed by atoms with Gasteiger partial charge >= 0.3 is 0 Å². The molecular weight excluding hydrogens is 231 g/mol. The van der Waals surface area contributed by atoms with Crippen LogP contribution in [0.2, 0.25) is 0 Å². The van der Waals surface area contributed by atoms with Gasteiger partial charge in [0.2, 0.25) is 0 Å². The van der Waals surface area contributed by atoms with Crippen LogP contribution < -0.4 is 5.73 Å². The maximum Gasteiger partial charge on any atom is 0.167 e. The number of nitrogens with two attached hydrogens (primary N) is 1. The molecule has 0 atom stereocenters. The molecule has 0 aliphatic heterocycles. The molecule has 3 nitrogen and oxygen atoms in total. The maximum atomic E-state index is 13.0. The van der Waals surface area contributed by atoms with E-state index in [1.54, 1.807) is 25.4 Å². The summed E-state index contributed by atoms with van der Waals surface area (Å²) in [5.41, 5.74) is 8.12. The van der Waals surface area contributed by atoms with E-state index in [1.165, 1.54) is 18.2 Å².